The number of thiazole rings is 1. The van der Waals surface area contributed by atoms with Crippen LogP contribution in [-0.4, -0.2) is 34.2 Å². The van der Waals surface area contributed by atoms with Crippen molar-refractivity contribution >= 4 is 22.7 Å². The van der Waals surface area contributed by atoms with Crippen LogP contribution >= 0.6 is 22.7 Å². The van der Waals surface area contributed by atoms with Gasteiger partial charge in [-0.3, -0.25) is 4.90 Å². The first-order valence-corrected chi connectivity index (χ1v) is 9.51. The fourth-order valence-corrected chi connectivity index (χ4v) is 4.59. The molecule has 0 bridgehead atoms. The molecular weight excluding hydrogens is 300 g/mol. The Kier molecular flexibility index (Phi) is 5.41. The zero-order valence-electron chi connectivity index (χ0n) is 12.2. The van der Waals surface area contributed by atoms with E-state index in [0.717, 1.165) is 23.8 Å². The largest absolute Gasteiger partial charge is 0.395 e. The number of hydrogen-bond acceptors (Lipinski definition) is 5. The molecule has 3 rings (SSSR count). The Morgan fingerprint density at radius 3 is 2.81 bits per heavy atom. The van der Waals surface area contributed by atoms with Crippen molar-refractivity contribution in [2.24, 2.45) is 0 Å². The lowest BCUT2D eigenvalue weighted by atomic mass is 9.94. The van der Waals surface area contributed by atoms with Crippen LogP contribution in [0.1, 0.15) is 37.8 Å². The molecule has 0 amide bonds. The van der Waals surface area contributed by atoms with Crippen molar-refractivity contribution in [3.05, 3.63) is 27.9 Å². The fraction of sp³-hybridized carbons (Fsp3) is 0.562. The number of aliphatic hydroxyl groups excluding tert-OH is 1. The summed E-state index contributed by atoms with van der Waals surface area (Å²) in [6, 6.07) is 2.75. The third-order valence-electron chi connectivity index (χ3n) is 4.16. The topological polar surface area (TPSA) is 36.4 Å². The van der Waals surface area contributed by atoms with Crippen molar-refractivity contribution in [1.29, 1.82) is 0 Å². The molecule has 1 saturated carbocycles. The number of aromatic nitrogens is 1. The normalized spacial score (nSPS) is 16.7. The van der Waals surface area contributed by atoms with E-state index in [2.05, 4.69) is 27.1 Å². The van der Waals surface area contributed by atoms with Gasteiger partial charge in [0.1, 0.15) is 5.01 Å². The molecular formula is C16H22N2OS2. The molecule has 0 aliphatic heterocycles. The highest BCUT2D eigenvalue weighted by Crippen LogP contribution is 2.28. The molecule has 1 N–H and O–H groups in total. The Balaban J connectivity index is 1.67. The summed E-state index contributed by atoms with van der Waals surface area (Å²) in [5.74, 6) is 0. The lowest BCUT2D eigenvalue weighted by Gasteiger charge is -2.33. The van der Waals surface area contributed by atoms with Gasteiger partial charge in [0.15, 0.2) is 0 Å². The summed E-state index contributed by atoms with van der Waals surface area (Å²) >= 11 is 3.43. The molecule has 2 aromatic heterocycles. The number of hydrogen-bond donors (Lipinski definition) is 1. The number of nitrogens with zero attached hydrogens (tertiary/aromatic N) is 2. The molecule has 114 valence electrons. The summed E-state index contributed by atoms with van der Waals surface area (Å²) in [6.07, 6.45) is 6.54. The first-order valence-electron chi connectivity index (χ1n) is 7.68. The average molecular weight is 322 g/mol. The van der Waals surface area contributed by atoms with Gasteiger partial charge in [0, 0.05) is 35.5 Å². The lowest BCUT2D eigenvalue weighted by molar-refractivity contribution is 0.116. The molecule has 0 unspecified atom stereocenters. The number of rotatable bonds is 6. The lowest BCUT2D eigenvalue weighted by Crippen LogP contribution is -2.38. The van der Waals surface area contributed by atoms with Gasteiger partial charge in [0.25, 0.3) is 0 Å². The van der Waals surface area contributed by atoms with Gasteiger partial charge >= 0.3 is 0 Å². The standard InChI is InChI=1S/C16H22N2OS2/c19-8-7-18(15-4-2-1-3-5-15)10-14-12-21-16(17-14)13-6-9-20-11-13/h6,9,11-12,15,19H,1-5,7-8,10H2. The van der Waals surface area contributed by atoms with E-state index in [9.17, 15) is 5.11 Å². The zero-order chi connectivity index (χ0) is 14.5. The second-order valence-corrected chi connectivity index (χ2v) is 7.28. The van der Waals surface area contributed by atoms with Gasteiger partial charge in [-0.05, 0) is 24.3 Å². The Morgan fingerprint density at radius 2 is 2.10 bits per heavy atom. The Labute approximate surface area is 134 Å². The van der Waals surface area contributed by atoms with E-state index in [0.29, 0.717) is 6.04 Å². The minimum Gasteiger partial charge on any atom is -0.395 e. The van der Waals surface area contributed by atoms with Gasteiger partial charge in [-0.25, -0.2) is 4.98 Å². The molecule has 0 aromatic carbocycles. The summed E-state index contributed by atoms with van der Waals surface area (Å²) in [6.45, 7) is 1.86. The van der Waals surface area contributed by atoms with Crippen molar-refractivity contribution in [3.63, 3.8) is 0 Å². The van der Waals surface area contributed by atoms with Crippen LogP contribution in [0.2, 0.25) is 0 Å². The van der Waals surface area contributed by atoms with E-state index in [1.807, 2.05) is 0 Å². The molecule has 0 atom stereocenters. The molecule has 1 fully saturated rings. The molecule has 1 aliphatic rings. The third kappa shape index (κ3) is 3.92. The minimum absolute atomic E-state index is 0.234. The van der Waals surface area contributed by atoms with Gasteiger partial charge in [-0.2, -0.15) is 11.3 Å². The van der Waals surface area contributed by atoms with Crippen LogP contribution < -0.4 is 0 Å². The van der Waals surface area contributed by atoms with Gasteiger partial charge < -0.3 is 5.11 Å². The summed E-state index contributed by atoms with van der Waals surface area (Å²) in [7, 11) is 0. The van der Waals surface area contributed by atoms with Crippen molar-refractivity contribution < 1.29 is 5.11 Å². The van der Waals surface area contributed by atoms with E-state index in [-0.39, 0.29) is 6.61 Å². The van der Waals surface area contributed by atoms with Crippen molar-refractivity contribution in [1.82, 2.24) is 9.88 Å². The highest BCUT2D eigenvalue weighted by molar-refractivity contribution is 7.14. The molecule has 0 spiro atoms. The second kappa shape index (κ2) is 7.49. The Bertz CT molecular complexity index is 532. The van der Waals surface area contributed by atoms with Crippen molar-refractivity contribution in [3.8, 4) is 10.6 Å². The molecule has 0 radical (unpaired) electrons. The van der Waals surface area contributed by atoms with Crippen LogP contribution in [0.15, 0.2) is 22.2 Å². The minimum atomic E-state index is 0.234. The Hall–Kier alpha value is -0.750. The molecule has 2 heterocycles. The van der Waals surface area contributed by atoms with Gasteiger partial charge in [0.05, 0.1) is 12.3 Å². The van der Waals surface area contributed by atoms with E-state index >= 15 is 0 Å². The quantitative estimate of drug-likeness (QED) is 0.873. The Morgan fingerprint density at radius 1 is 1.24 bits per heavy atom. The van der Waals surface area contributed by atoms with E-state index < -0.39 is 0 Å². The van der Waals surface area contributed by atoms with E-state index in [4.69, 9.17) is 4.98 Å². The maximum atomic E-state index is 9.34. The van der Waals surface area contributed by atoms with Crippen LogP contribution in [0.25, 0.3) is 10.6 Å². The number of aliphatic hydroxyl groups is 1. The molecule has 3 nitrogen and oxygen atoms in total. The molecule has 2 aromatic rings. The van der Waals surface area contributed by atoms with Crippen LogP contribution in [0, 0.1) is 0 Å². The summed E-state index contributed by atoms with van der Waals surface area (Å²) in [4.78, 5) is 7.19. The zero-order valence-corrected chi connectivity index (χ0v) is 13.8. The van der Waals surface area contributed by atoms with Crippen LogP contribution in [0.3, 0.4) is 0 Å². The highest BCUT2D eigenvalue weighted by Gasteiger charge is 2.21. The average Bonchev–Trinajstić information content (AvgIpc) is 3.19. The monoisotopic (exact) mass is 322 g/mol. The molecule has 1 aliphatic carbocycles. The van der Waals surface area contributed by atoms with Gasteiger partial charge in [-0.1, -0.05) is 19.3 Å². The third-order valence-corrected chi connectivity index (χ3v) is 5.79. The molecule has 0 saturated heterocycles. The van der Waals surface area contributed by atoms with E-state index in [1.54, 1.807) is 22.7 Å². The van der Waals surface area contributed by atoms with E-state index in [1.165, 1.54) is 37.7 Å². The molecule has 5 heteroatoms. The second-order valence-electron chi connectivity index (χ2n) is 5.64. The molecule has 21 heavy (non-hydrogen) atoms. The smallest absolute Gasteiger partial charge is 0.124 e. The van der Waals surface area contributed by atoms with Crippen LogP contribution in [0.5, 0.6) is 0 Å². The van der Waals surface area contributed by atoms with Gasteiger partial charge in [-0.15, -0.1) is 11.3 Å². The highest BCUT2D eigenvalue weighted by atomic mass is 32.1. The summed E-state index contributed by atoms with van der Waals surface area (Å²) < 4.78 is 0. The maximum Gasteiger partial charge on any atom is 0.124 e. The number of thiophene rings is 1. The fourth-order valence-electron chi connectivity index (χ4n) is 3.07. The summed E-state index contributed by atoms with van der Waals surface area (Å²) in [5.41, 5.74) is 2.36. The van der Waals surface area contributed by atoms with Crippen LogP contribution in [-0.2, 0) is 6.54 Å². The van der Waals surface area contributed by atoms with Gasteiger partial charge in [0.2, 0.25) is 0 Å². The van der Waals surface area contributed by atoms with Crippen molar-refractivity contribution in [2.45, 2.75) is 44.7 Å². The van der Waals surface area contributed by atoms with Crippen LogP contribution in [0.4, 0.5) is 0 Å². The first-order chi connectivity index (χ1) is 10.4. The van der Waals surface area contributed by atoms with Crippen molar-refractivity contribution in [2.75, 3.05) is 13.2 Å². The predicted octanol–water partition coefficient (Wildman–Crippen LogP) is 4.00. The predicted molar refractivity (Wildman–Crippen MR) is 89.8 cm³/mol. The SMILES string of the molecule is OCCN(Cc1csc(-c2ccsc2)n1)C1CCCCC1. The maximum absolute atomic E-state index is 9.34. The summed E-state index contributed by atoms with van der Waals surface area (Å²) in [5, 5.41) is 16.9. The first kappa shape index (κ1) is 15.2.